The van der Waals surface area contributed by atoms with Gasteiger partial charge in [0.1, 0.15) is 0 Å². The van der Waals surface area contributed by atoms with Crippen LogP contribution in [0.2, 0.25) is 0 Å². The highest BCUT2D eigenvalue weighted by molar-refractivity contribution is 7.26. The Bertz CT molecular complexity index is 2780. The Labute approximate surface area is 296 Å². The van der Waals surface area contributed by atoms with Gasteiger partial charge in [0.05, 0.1) is 5.70 Å². The van der Waals surface area contributed by atoms with Crippen molar-refractivity contribution in [2.75, 3.05) is 0 Å². The Kier molecular flexibility index (Phi) is 7.60. The fraction of sp³-hybridized carbons (Fsp3) is 0.0625. The highest BCUT2D eigenvalue weighted by Gasteiger charge is 2.15. The van der Waals surface area contributed by atoms with Crippen LogP contribution in [0.4, 0.5) is 0 Å². The van der Waals surface area contributed by atoms with Gasteiger partial charge in [-0.25, -0.2) is 0 Å². The van der Waals surface area contributed by atoms with Gasteiger partial charge in [-0.05, 0) is 91.8 Å². The minimum absolute atomic E-state index is 0.104. The molecular formula is C48H35NS. The third kappa shape index (κ3) is 5.48. The average molecular weight is 658 g/mol. The summed E-state index contributed by atoms with van der Waals surface area (Å²) < 4.78 is 2.70. The van der Waals surface area contributed by atoms with Crippen molar-refractivity contribution in [2.45, 2.75) is 19.8 Å². The van der Waals surface area contributed by atoms with E-state index in [4.69, 9.17) is 4.99 Å². The number of hydrogen-bond acceptors (Lipinski definition) is 2. The van der Waals surface area contributed by atoms with Crippen molar-refractivity contribution in [2.24, 2.45) is 4.99 Å². The molecule has 1 atom stereocenters. The lowest BCUT2D eigenvalue weighted by molar-refractivity contribution is 0.980. The first-order valence-corrected chi connectivity index (χ1v) is 18.1. The van der Waals surface area contributed by atoms with Crippen LogP contribution < -0.4 is 0 Å². The Balaban J connectivity index is 1.18. The molecule has 0 fully saturated rings. The number of hydrogen-bond donors (Lipinski definition) is 0. The monoisotopic (exact) mass is 657 g/mol. The summed E-state index contributed by atoms with van der Waals surface area (Å²) in [6, 6.07) is 59.5. The minimum Gasteiger partial charge on any atom is -0.253 e. The molecule has 0 amide bonds. The molecule has 0 aliphatic rings. The van der Waals surface area contributed by atoms with E-state index in [9.17, 15) is 0 Å². The molecule has 0 bridgehead atoms. The number of benzene rings is 8. The highest BCUT2D eigenvalue weighted by Crippen LogP contribution is 2.40. The van der Waals surface area contributed by atoms with Crippen molar-refractivity contribution >= 4 is 75.2 Å². The number of thiophene rings is 1. The quantitative estimate of drug-likeness (QED) is 0.158. The topological polar surface area (TPSA) is 12.4 Å². The van der Waals surface area contributed by atoms with Gasteiger partial charge in [0.15, 0.2) is 0 Å². The van der Waals surface area contributed by atoms with Crippen molar-refractivity contribution < 1.29 is 0 Å². The number of allylic oxidation sites excluding steroid dienone is 1. The van der Waals surface area contributed by atoms with Crippen molar-refractivity contribution in [3.05, 3.63) is 187 Å². The van der Waals surface area contributed by atoms with Crippen LogP contribution in [0.1, 0.15) is 36.5 Å². The highest BCUT2D eigenvalue weighted by atomic mass is 32.1. The predicted octanol–water partition coefficient (Wildman–Crippen LogP) is 13.8. The predicted molar refractivity (Wildman–Crippen MR) is 219 cm³/mol. The fourth-order valence-corrected chi connectivity index (χ4v) is 8.61. The molecule has 0 N–H and O–H groups in total. The third-order valence-electron chi connectivity index (χ3n) is 10.0. The molecule has 0 spiro atoms. The number of fused-ring (bicyclic) bond motifs is 7. The summed E-state index contributed by atoms with van der Waals surface area (Å²) >= 11 is 1.89. The Morgan fingerprint density at radius 1 is 0.520 bits per heavy atom. The molecule has 9 aromatic rings. The maximum Gasteiger partial charge on any atom is 0.0671 e. The molecule has 238 valence electrons. The lowest BCUT2D eigenvalue weighted by Crippen LogP contribution is -1.98. The molecule has 0 aliphatic heterocycles. The summed E-state index contributed by atoms with van der Waals surface area (Å²) in [5.41, 5.74) is 7.99. The van der Waals surface area contributed by atoms with E-state index in [0.29, 0.717) is 0 Å². The zero-order chi connectivity index (χ0) is 33.6. The van der Waals surface area contributed by atoms with E-state index in [2.05, 4.69) is 184 Å². The van der Waals surface area contributed by atoms with Gasteiger partial charge in [-0.1, -0.05) is 146 Å². The molecular weight excluding hydrogens is 623 g/mol. The van der Waals surface area contributed by atoms with Crippen LogP contribution in [-0.2, 0) is 0 Å². The Hall–Kier alpha value is -5.83. The molecule has 0 radical (unpaired) electrons. The van der Waals surface area contributed by atoms with Gasteiger partial charge in [0.25, 0.3) is 0 Å². The van der Waals surface area contributed by atoms with Gasteiger partial charge in [-0.2, -0.15) is 0 Å². The Morgan fingerprint density at radius 2 is 1.18 bits per heavy atom. The van der Waals surface area contributed by atoms with Crippen molar-refractivity contribution in [1.29, 1.82) is 0 Å². The van der Waals surface area contributed by atoms with Gasteiger partial charge in [0.2, 0.25) is 0 Å². The van der Waals surface area contributed by atoms with Crippen LogP contribution in [0.5, 0.6) is 0 Å². The average Bonchev–Trinajstić information content (AvgIpc) is 3.56. The van der Waals surface area contributed by atoms with Crippen LogP contribution >= 0.6 is 11.3 Å². The minimum atomic E-state index is 0.104. The molecule has 0 saturated heterocycles. The molecule has 1 aromatic heterocycles. The van der Waals surface area contributed by atoms with Gasteiger partial charge in [0, 0.05) is 37.4 Å². The summed E-state index contributed by atoms with van der Waals surface area (Å²) in [5, 5.41) is 10.2. The summed E-state index contributed by atoms with van der Waals surface area (Å²) in [6.07, 6.45) is 2.35. The fourth-order valence-electron chi connectivity index (χ4n) is 7.37. The lowest BCUT2D eigenvalue weighted by Gasteiger charge is -2.16. The standard InChI is InChI=1S/C48H35NS/c1-31(26-46(49-32(2)33-12-4-3-5-13-33)39-21-20-34-14-6-7-15-35(34)28-39)45-30-40(29-37-16-8-9-17-41(37)45)36-22-24-42-38(27-36)23-25-44-43-18-10-11-19-47(43)50-48(42)44/h3-31H,1-2H3/b46-26-,49-32?. The van der Waals surface area contributed by atoms with E-state index in [-0.39, 0.29) is 5.92 Å². The van der Waals surface area contributed by atoms with E-state index >= 15 is 0 Å². The largest absolute Gasteiger partial charge is 0.253 e. The van der Waals surface area contributed by atoms with Crippen LogP contribution in [0, 0.1) is 0 Å². The van der Waals surface area contributed by atoms with Crippen molar-refractivity contribution in [3.8, 4) is 11.1 Å². The smallest absolute Gasteiger partial charge is 0.0671 e. The molecule has 2 heteroatoms. The molecule has 9 rings (SSSR count). The van der Waals surface area contributed by atoms with Gasteiger partial charge < -0.3 is 0 Å². The summed E-state index contributed by atoms with van der Waals surface area (Å²) in [4.78, 5) is 5.30. The van der Waals surface area contributed by atoms with Crippen LogP contribution in [-0.4, -0.2) is 5.71 Å². The van der Waals surface area contributed by atoms with Gasteiger partial charge >= 0.3 is 0 Å². The molecule has 1 heterocycles. The molecule has 8 aromatic carbocycles. The summed E-state index contributed by atoms with van der Waals surface area (Å²) in [6.45, 7) is 4.41. The number of aliphatic imine (C=N–C) groups is 1. The molecule has 0 aliphatic carbocycles. The molecule has 1 nitrogen and oxygen atoms in total. The number of nitrogens with zero attached hydrogens (tertiary/aromatic N) is 1. The normalized spacial score (nSPS) is 13.2. The summed E-state index contributed by atoms with van der Waals surface area (Å²) in [7, 11) is 0. The van der Waals surface area contributed by atoms with Crippen LogP contribution in [0.3, 0.4) is 0 Å². The third-order valence-corrected chi connectivity index (χ3v) is 11.2. The van der Waals surface area contributed by atoms with Gasteiger partial charge in [-0.3, -0.25) is 4.99 Å². The van der Waals surface area contributed by atoms with Crippen molar-refractivity contribution in [3.63, 3.8) is 0 Å². The van der Waals surface area contributed by atoms with E-state index in [1.54, 1.807) is 0 Å². The second-order valence-electron chi connectivity index (χ2n) is 13.2. The van der Waals surface area contributed by atoms with E-state index in [0.717, 1.165) is 22.5 Å². The van der Waals surface area contributed by atoms with E-state index < -0.39 is 0 Å². The van der Waals surface area contributed by atoms with E-state index in [1.807, 2.05) is 11.3 Å². The van der Waals surface area contributed by atoms with Gasteiger partial charge in [-0.15, -0.1) is 11.3 Å². The maximum absolute atomic E-state index is 5.30. The van der Waals surface area contributed by atoms with Crippen molar-refractivity contribution in [1.82, 2.24) is 0 Å². The molecule has 50 heavy (non-hydrogen) atoms. The zero-order valence-corrected chi connectivity index (χ0v) is 28.9. The zero-order valence-electron chi connectivity index (χ0n) is 28.1. The lowest BCUT2D eigenvalue weighted by atomic mass is 9.89. The maximum atomic E-state index is 5.30. The first kappa shape index (κ1) is 30.2. The second kappa shape index (κ2) is 12.6. The first-order valence-electron chi connectivity index (χ1n) is 17.3. The number of rotatable bonds is 6. The SMILES string of the molecule is CC(=N/C(=C\C(C)c1cc(-c2ccc3c(ccc4c5ccccc5sc34)c2)cc2ccccc12)c1ccc2ccccc2c1)c1ccccc1. The van der Waals surface area contributed by atoms with E-state index in [1.165, 1.54) is 69.2 Å². The Morgan fingerprint density at radius 3 is 2.04 bits per heavy atom. The van der Waals surface area contributed by atoms with Crippen LogP contribution in [0.15, 0.2) is 175 Å². The molecule has 0 saturated carbocycles. The first-order chi connectivity index (χ1) is 24.6. The van der Waals surface area contributed by atoms with Crippen LogP contribution in [0.25, 0.3) is 69.3 Å². The second-order valence-corrected chi connectivity index (χ2v) is 14.3. The summed E-state index contributed by atoms with van der Waals surface area (Å²) in [5.74, 6) is 0.104. The molecule has 1 unspecified atom stereocenters.